The fraction of sp³-hybridized carbons (Fsp3) is 0.235. The molecule has 0 fully saturated rings. The van der Waals surface area contributed by atoms with E-state index >= 15 is 0 Å². The second-order valence-corrected chi connectivity index (χ2v) is 12.1. The van der Waals surface area contributed by atoms with Gasteiger partial charge in [0.1, 0.15) is 24.1 Å². The third-order valence-electron chi connectivity index (χ3n) is 6.80. The van der Waals surface area contributed by atoms with Crippen LogP contribution in [0.5, 0.6) is 11.5 Å². The Labute approximate surface area is 254 Å². The van der Waals surface area contributed by atoms with Crippen molar-refractivity contribution in [2.45, 2.75) is 32.4 Å². The quantitative estimate of drug-likeness (QED) is 0.209. The molecule has 0 saturated carbocycles. The minimum atomic E-state index is -3.87. The second kappa shape index (κ2) is 15.0. The van der Waals surface area contributed by atoms with E-state index in [1.54, 1.807) is 24.3 Å². The van der Waals surface area contributed by atoms with Crippen LogP contribution in [0, 0.1) is 0 Å². The van der Waals surface area contributed by atoms with Crippen LogP contribution in [0.1, 0.15) is 24.5 Å². The number of amides is 2. The highest BCUT2D eigenvalue weighted by molar-refractivity contribution is 7.92. The fourth-order valence-electron chi connectivity index (χ4n) is 4.62. The summed E-state index contributed by atoms with van der Waals surface area (Å²) in [5.74, 6) is 0.387. The molecule has 4 rings (SSSR count). The van der Waals surface area contributed by atoms with E-state index in [4.69, 9.17) is 4.74 Å². The first-order valence-electron chi connectivity index (χ1n) is 14.2. The third kappa shape index (κ3) is 9.18. The van der Waals surface area contributed by atoms with E-state index < -0.39 is 28.5 Å². The van der Waals surface area contributed by atoms with Gasteiger partial charge in [0, 0.05) is 19.5 Å². The largest absolute Gasteiger partial charge is 0.457 e. The summed E-state index contributed by atoms with van der Waals surface area (Å²) in [5, 5.41) is 2.94. The average Bonchev–Trinajstić information content (AvgIpc) is 3.01. The van der Waals surface area contributed by atoms with Gasteiger partial charge in [0.05, 0.1) is 11.9 Å². The molecule has 1 N–H and O–H groups in total. The second-order valence-electron chi connectivity index (χ2n) is 10.2. The van der Waals surface area contributed by atoms with Gasteiger partial charge in [-0.2, -0.15) is 0 Å². The van der Waals surface area contributed by atoms with Gasteiger partial charge in [-0.05, 0) is 53.9 Å². The van der Waals surface area contributed by atoms with Gasteiger partial charge in [0.25, 0.3) is 0 Å². The molecular formula is C34H37N3O5S. The predicted octanol–water partition coefficient (Wildman–Crippen LogP) is 5.41. The van der Waals surface area contributed by atoms with E-state index in [0.717, 1.165) is 28.1 Å². The number of hydrogen-bond acceptors (Lipinski definition) is 5. The van der Waals surface area contributed by atoms with Crippen molar-refractivity contribution in [3.8, 4) is 11.5 Å². The molecule has 2 amide bonds. The number of carbonyl (C=O) groups excluding carboxylic acids is 2. The molecule has 224 valence electrons. The van der Waals surface area contributed by atoms with Crippen molar-refractivity contribution in [1.29, 1.82) is 0 Å². The molecule has 4 aromatic carbocycles. The monoisotopic (exact) mass is 599 g/mol. The first-order valence-corrected chi connectivity index (χ1v) is 16.0. The molecular weight excluding hydrogens is 562 g/mol. The van der Waals surface area contributed by atoms with E-state index in [-0.39, 0.29) is 18.9 Å². The smallest absolute Gasteiger partial charge is 0.244 e. The zero-order valence-electron chi connectivity index (χ0n) is 24.4. The third-order valence-corrected chi connectivity index (χ3v) is 7.94. The van der Waals surface area contributed by atoms with Crippen LogP contribution < -0.4 is 14.4 Å². The number of hydrogen-bond donors (Lipinski definition) is 1. The molecule has 0 aliphatic heterocycles. The molecule has 0 unspecified atom stereocenters. The van der Waals surface area contributed by atoms with Crippen molar-refractivity contribution in [3.05, 3.63) is 126 Å². The normalized spacial score (nSPS) is 11.8. The van der Waals surface area contributed by atoms with Crippen LogP contribution in [0.25, 0.3) is 0 Å². The van der Waals surface area contributed by atoms with Crippen molar-refractivity contribution < 1.29 is 22.7 Å². The lowest BCUT2D eigenvalue weighted by molar-refractivity contribution is -0.140. The molecule has 9 heteroatoms. The van der Waals surface area contributed by atoms with Crippen molar-refractivity contribution in [1.82, 2.24) is 10.2 Å². The SMILES string of the molecule is CCCNC(=O)[C@@H](Cc1ccccc1)N(Cc1ccccc1)C(=O)CN(c1ccc(Oc2ccccc2)cc1)S(C)(=O)=O. The summed E-state index contributed by atoms with van der Waals surface area (Å²) in [6.45, 7) is 2.08. The predicted molar refractivity (Wildman–Crippen MR) is 169 cm³/mol. The molecule has 0 saturated heterocycles. The Hall–Kier alpha value is -4.63. The van der Waals surface area contributed by atoms with Crippen LogP contribution in [0.3, 0.4) is 0 Å². The molecule has 0 aliphatic rings. The summed E-state index contributed by atoms with van der Waals surface area (Å²) in [6, 6.07) is 33.7. The van der Waals surface area contributed by atoms with E-state index in [1.807, 2.05) is 97.9 Å². The van der Waals surface area contributed by atoms with Crippen molar-refractivity contribution in [2.75, 3.05) is 23.7 Å². The summed E-state index contributed by atoms with van der Waals surface area (Å²) in [4.78, 5) is 29.1. The number of anilines is 1. The number of benzene rings is 4. The highest BCUT2D eigenvalue weighted by Crippen LogP contribution is 2.26. The van der Waals surface area contributed by atoms with Gasteiger partial charge in [0.15, 0.2) is 0 Å². The standard InChI is InChI=1S/C34H37N3O5S/c1-3-23-35-34(39)32(24-27-13-7-4-8-14-27)36(25-28-15-9-5-10-16-28)33(38)26-37(43(2,40)41)29-19-21-31(22-20-29)42-30-17-11-6-12-18-30/h4-22,32H,3,23-26H2,1-2H3,(H,35,39)/t32-/m1/s1. The maximum Gasteiger partial charge on any atom is 0.244 e. The van der Waals surface area contributed by atoms with Gasteiger partial charge in [-0.3, -0.25) is 13.9 Å². The van der Waals surface area contributed by atoms with Gasteiger partial charge >= 0.3 is 0 Å². The summed E-state index contributed by atoms with van der Waals surface area (Å²) in [6.07, 6.45) is 2.08. The topological polar surface area (TPSA) is 96.0 Å². The van der Waals surface area contributed by atoms with Gasteiger partial charge in [-0.25, -0.2) is 8.42 Å². The Kier molecular flexibility index (Phi) is 10.9. The van der Waals surface area contributed by atoms with Crippen molar-refractivity contribution in [2.24, 2.45) is 0 Å². The summed E-state index contributed by atoms with van der Waals surface area (Å²) in [5.41, 5.74) is 2.02. The molecule has 43 heavy (non-hydrogen) atoms. The molecule has 0 bridgehead atoms. The number of ether oxygens (including phenoxy) is 1. The Morgan fingerprint density at radius 2 is 1.30 bits per heavy atom. The maximum absolute atomic E-state index is 14.1. The van der Waals surface area contributed by atoms with Crippen molar-refractivity contribution >= 4 is 27.5 Å². The van der Waals surface area contributed by atoms with E-state index in [9.17, 15) is 18.0 Å². The van der Waals surface area contributed by atoms with Gasteiger partial charge in [0.2, 0.25) is 21.8 Å². The first-order chi connectivity index (χ1) is 20.7. The molecule has 0 aliphatic carbocycles. The van der Waals surface area contributed by atoms with E-state index in [0.29, 0.717) is 23.7 Å². The number of nitrogens with zero attached hydrogens (tertiary/aromatic N) is 2. The lowest BCUT2D eigenvalue weighted by Gasteiger charge is -2.33. The Balaban J connectivity index is 1.65. The highest BCUT2D eigenvalue weighted by atomic mass is 32.2. The number of nitrogens with one attached hydrogen (secondary N) is 1. The number of carbonyl (C=O) groups is 2. The van der Waals surface area contributed by atoms with Crippen LogP contribution in [0.15, 0.2) is 115 Å². The van der Waals surface area contributed by atoms with Crippen LogP contribution in [0.2, 0.25) is 0 Å². The molecule has 4 aromatic rings. The van der Waals surface area contributed by atoms with Gasteiger partial charge in [-0.1, -0.05) is 85.8 Å². The van der Waals surface area contributed by atoms with Crippen LogP contribution in [0.4, 0.5) is 5.69 Å². The minimum Gasteiger partial charge on any atom is -0.457 e. The van der Waals surface area contributed by atoms with Crippen LogP contribution >= 0.6 is 0 Å². The van der Waals surface area contributed by atoms with Crippen LogP contribution in [-0.4, -0.2) is 50.5 Å². The van der Waals surface area contributed by atoms with E-state index in [2.05, 4.69) is 5.32 Å². The van der Waals surface area contributed by atoms with Crippen molar-refractivity contribution in [3.63, 3.8) is 0 Å². The zero-order valence-corrected chi connectivity index (χ0v) is 25.2. The molecule has 0 aromatic heterocycles. The molecule has 0 heterocycles. The number of sulfonamides is 1. The average molecular weight is 600 g/mol. The Bertz CT molecular complexity index is 1570. The van der Waals surface area contributed by atoms with Gasteiger partial charge < -0.3 is 15.0 Å². The minimum absolute atomic E-state index is 0.137. The van der Waals surface area contributed by atoms with E-state index in [1.165, 1.54) is 4.90 Å². The number of para-hydroxylation sites is 1. The first kappa shape index (κ1) is 31.3. The maximum atomic E-state index is 14.1. The Morgan fingerprint density at radius 1 is 0.767 bits per heavy atom. The van der Waals surface area contributed by atoms with Gasteiger partial charge in [-0.15, -0.1) is 0 Å². The number of rotatable bonds is 14. The fourth-order valence-corrected chi connectivity index (χ4v) is 5.47. The van der Waals surface area contributed by atoms with Crippen LogP contribution in [-0.2, 0) is 32.6 Å². The molecule has 0 radical (unpaired) electrons. The molecule has 0 spiro atoms. The Morgan fingerprint density at radius 3 is 1.86 bits per heavy atom. The summed E-state index contributed by atoms with van der Waals surface area (Å²) >= 11 is 0. The lowest BCUT2D eigenvalue weighted by atomic mass is 10.0. The molecule has 8 nitrogen and oxygen atoms in total. The molecule has 1 atom stereocenters. The lowest BCUT2D eigenvalue weighted by Crippen LogP contribution is -2.53. The summed E-state index contributed by atoms with van der Waals surface area (Å²) < 4.78 is 32.9. The summed E-state index contributed by atoms with van der Waals surface area (Å²) in [7, 11) is -3.87. The highest BCUT2D eigenvalue weighted by Gasteiger charge is 2.32. The zero-order chi connectivity index (χ0) is 30.7.